The molecule has 7 heteroatoms. The second kappa shape index (κ2) is 3.69. The monoisotopic (exact) mass is 227 g/mol. The number of halogens is 1. The van der Waals surface area contributed by atoms with Gasteiger partial charge in [0.25, 0.3) is 9.05 Å². The van der Waals surface area contributed by atoms with E-state index in [1.54, 1.807) is 0 Å². The lowest BCUT2D eigenvalue weighted by molar-refractivity contribution is 0.180. The van der Waals surface area contributed by atoms with Crippen molar-refractivity contribution in [3.05, 3.63) is 11.2 Å². The first-order chi connectivity index (χ1) is 5.55. The van der Waals surface area contributed by atoms with E-state index in [0.29, 0.717) is 5.69 Å². The van der Waals surface area contributed by atoms with Gasteiger partial charge < -0.3 is 4.74 Å². The molecule has 0 unspecified atom stereocenters. The number of aromatic nitrogens is 1. The standard InChI is InChI=1S/C5H6ClNO3S2/c1-10-2-4-5(11-3-7-4)12(6,8)9/h3H,2H2,1H3. The predicted octanol–water partition coefficient (Wildman–Crippen LogP) is 1.22. The number of rotatable bonds is 3. The van der Waals surface area contributed by atoms with Crippen LogP contribution in [-0.2, 0) is 20.4 Å². The van der Waals surface area contributed by atoms with Crippen LogP contribution in [0.25, 0.3) is 0 Å². The molecule has 1 aromatic heterocycles. The smallest absolute Gasteiger partial charge is 0.272 e. The Bertz CT molecular complexity index is 359. The molecule has 1 aromatic rings. The van der Waals surface area contributed by atoms with Gasteiger partial charge in [-0.15, -0.1) is 11.3 Å². The number of methoxy groups -OCH3 is 1. The van der Waals surface area contributed by atoms with E-state index in [9.17, 15) is 8.42 Å². The molecule has 0 amide bonds. The highest BCUT2D eigenvalue weighted by Crippen LogP contribution is 2.23. The highest BCUT2D eigenvalue weighted by atomic mass is 35.7. The number of hydrogen-bond acceptors (Lipinski definition) is 5. The first-order valence-electron chi connectivity index (χ1n) is 2.91. The summed E-state index contributed by atoms with van der Waals surface area (Å²) in [5, 5.41) is 0. The third-order valence-electron chi connectivity index (χ3n) is 1.11. The summed E-state index contributed by atoms with van der Waals surface area (Å²) in [6, 6.07) is 0. The summed E-state index contributed by atoms with van der Waals surface area (Å²) in [5.74, 6) is 0. The minimum atomic E-state index is -3.66. The van der Waals surface area contributed by atoms with Crippen molar-refractivity contribution < 1.29 is 13.2 Å². The molecule has 4 nitrogen and oxygen atoms in total. The molecule has 1 rings (SSSR count). The first kappa shape index (κ1) is 9.91. The zero-order valence-corrected chi connectivity index (χ0v) is 8.54. The van der Waals surface area contributed by atoms with Crippen molar-refractivity contribution in [2.24, 2.45) is 0 Å². The maximum absolute atomic E-state index is 10.9. The van der Waals surface area contributed by atoms with Gasteiger partial charge in [-0.1, -0.05) is 0 Å². The topological polar surface area (TPSA) is 56.3 Å². The normalized spacial score (nSPS) is 11.8. The lowest BCUT2D eigenvalue weighted by atomic mass is 10.5. The summed E-state index contributed by atoms with van der Waals surface area (Å²) in [6.07, 6.45) is 0. The number of nitrogens with zero attached hydrogens (tertiary/aromatic N) is 1. The van der Waals surface area contributed by atoms with E-state index in [0.717, 1.165) is 11.3 Å². The Morgan fingerprint density at radius 2 is 2.42 bits per heavy atom. The van der Waals surface area contributed by atoms with Gasteiger partial charge in [-0.25, -0.2) is 13.4 Å². The maximum atomic E-state index is 10.9. The Kier molecular flexibility index (Phi) is 3.05. The van der Waals surface area contributed by atoms with Gasteiger partial charge in [0.1, 0.15) is 0 Å². The molecular weight excluding hydrogens is 222 g/mol. The summed E-state index contributed by atoms with van der Waals surface area (Å²) in [4.78, 5) is 3.80. The van der Waals surface area contributed by atoms with E-state index in [2.05, 4.69) is 4.98 Å². The summed E-state index contributed by atoms with van der Waals surface area (Å²) in [6.45, 7) is 0.158. The van der Waals surface area contributed by atoms with E-state index >= 15 is 0 Å². The van der Waals surface area contributed by atoms with Crippen molar-refractivity contribution in [2.75, 3.05) is 7.11 Å². The largest absolute Gasteiger partial charge is 0.378 e. The van der Waals surface area contributed by atoms with Crippen molar-refractivity contribution in [1.29, 1.82) is 0 Å². The van der Waals surface area contributed by atoms with Gasteiger partial charge in [-0.05, 0) is 0 Å². The molecule has 0 bridgehead atoms. The zero-order chi connectivity index (χ0) is 9.19. The summed E-state index contributed by atoms with van der Waals surface area (Å²) in [7, 11) is 2.93. The molecule has 0 aromatic carbocycles. The maximum Gasteiger partial charge on any atom is 0.272 e. The highest BCUT2D eigenvalue weighted by Gasteiger charge is 2.18. The van der Waals surface area contributed by atoms with Gasteiger partial charge in [0.2, 0.25) is 0 Å². The molecule has 0 radical (unpaired) electrons. The van der Waals surface area contributed by atoms with Gasteiger partial charge >= 0.3 is 0 Å². The number of ether oxygens (including phenoxy) is 1. The molecule has 0 aliphatic heterocycles. The molecule has 0 atom stereocenters. The molecule has 0 saturated heterocycles. The summed E-state index contributed by atoms with van der Waals surface area (Å²) in [5.41, 5.74) is 1.78. The molecule has 12 heavy (non-hydrogen) atoms. The van der Waals surface area contributed by atoms with Gasteiger partial charge in [0, 0.05) is 17.8 Å². The van der Waals surface area contributed by atoms with Crippen molar-refractivity contribution in [1.82, 2.24) is 4.98 Å². The number of hydrogen-bond donors (Lipinski definition) is 0. The van der Waals surface area contributed by atoms with Crippen LogP contribution in [0.4, 0.5) is 0 Å². The Labute approximate surface area is 78.6 Å². The van der Waals surface area contributed by atoms with E-state index in [1.807, 2.05) is 0 Å². The molecule has 1 heterocycles. The minimum absolute atomic E-state index is 0.0611. The van der Waals surface area contributed by atoms with Crippen molar-refractivity contribution in [2.45, 2.75) is 10.8 Å². The Morgan fingerprint density at radius 3 is 2.92 bits per heavy atom. The number of thiazole rings is 1. The van der Waals surface area contributed by atoms with Crippen LogP contribution >= 0.6 is 22.0 Å². The molecular formula is C5H6ClNO3S2. The lowest BCUT2D eigenvalue weighted by Crippen LogP contribution is -1.95. The lowest BCUT2D eigenvalue weighted by Gasteiger charge is -1.95. The van der Waals surface area contributed by atoms with E-state index in [1.165, 1.54) is 12.6 Å². The zero-order valence-electron chi connectivity index (χ0n) is 6.15. The Hall–Kier alpha value is -0.170. The van der Waals surface area contributed by atoms with Crippen LogP contribution in [0.5, 0.6) is 0 Å². The molecule has 0 spiro atoms. The fraction of sp³-hybridized carbons (Fsp3) is 0.400. The second-order valence-corrected chi connectivity index (χ2v) is 5.57. The fourth-order valence-corrected chi connectivity index (χ4v) is 2.79. The summed E-state index contributed by atoms with van der Waals surface area (Å²) >= 11 is 0.985. The van der Waals surface area contributed by atoms with Crippen LogP contribution in [0.2, 0.25) is 0 Å². The average molecular weight is 228 g/mol. The second-order valence-electron chi connectivity index (χ2n) is 1.96. The Balaban J connectivity index is 3.08. The van der Waals surface area contributed by atoms with Crippen LogP contribution < -0.4 is 0 Å². The van der Waals surface area contributed by atoms with Gasteiger partial charge in [-0.2, -0.15) is 0 Å². The molecule has 0 aliphatic rings. The molecule has 0 N–H and O–H groups in total. The van der Waals surface area contributed by atoms with Gasteiger partial charge in [0.05, 0.1) is 17.8 Å². The first-order valence-corrected chi connectivity index (χ1v) is 6.10. The van der Waals surface area contributed by atoms with Gasteiger partial charge in [-0.3, -0.25) is 0 Å². The molecule has 0 fully saturated rings. The molecule has 0 aliphatic carbocycles. The molecule has 0 saturated carbocycles. The average Bonchev–Trinajstić information content (AvgIpc) is 2.34. The highest BCUT2D eigenvalue weighted by molar-refractivity contribution is 8.15. The van der Waals surface area contributed by atoms with Crippen LogP contribution in [0.3, 0.4) is 0 Å². The summed E-state index contributed by atoms with van der Waals surface area (Å²) < 4.78 is 26.5. The van der Waals surface area contributed by atoms with Crippen molar-refractivity contribution in [3.8, 4) is 0 Å². The van der Waals surface area contributed by atoms with E-state index in [4.69, 9.17) is 15.4 Å². The fourth-order valence-electron chi connectivity index (χ4n) is 0.690. The Morgan fingerprint density at radius 1 is 1.75 bits per heavy atom. The van der Waals surface area contributed by atoms with E-state index in [-0.39, 0.29) is 10.8 Å². The molecule has 68 valence electrons. The van der Waals surface area contributed by atoms with Crippen LogP contribution in [0.15, 0.2) is 9.72 Å². The quantitative estimate of drug-likeness (QED) is 0.729. The van der Waals surface area contributed by atoms with Gasteiger partial charge in [0.15, 0.2) is 4.21 Å². The third-order valence-corrected chi connectivity index (χ3v) is 4.13. The van der Waals surface area contributed by atoms with Crippen molar-refractivity contribution >= 4 is 31.1 Å². The van der Waals surface area contributed by atoms with Crippen LogP contribution in [0, 0.1) is 0 Å². The van der Waals surface area contributed by atoms with E-state index < -0.39 is 9.05 Å². The minimum Gasteiger partial charge on any atom is -0.378 e. The van der Waals surface area contributed by atoms with Crippen molar-refractivity contribution in [3.63, 3.8) is 0 Å². The third kappa shape index (κ3) is 2.16. The predicted molar refractivity (Wildman–Crippen MR) is 45.9 cm³/mol. The van der Waals surface area contributed by atoms with Crippen LogP contribution in [-0.4, -0.2) is 20.5 Å². The SMILES string of the molecule is COCc1ncsc1S(=O)(=O)Cl. The van der Waals surface area contributed by atoms with Crippen LogP contribution in [0.1, 0.15) is 5.69 Å².